The van der Waals surface area contributed by atoms with E-state index >= 15 is 0 Å². The molecule has 0 aliphatic carbocycles. The molecule has 0 saturated carbocycles. The third kappa shape index (κ3) is 6.05. The van der Waals surface area contributed by atoms with Crippen LogP contribution in [0.3, 0.4) is 0 Å². The first kappa shape index (κ1) is 19.2. The second-order valence-corrected chi connectivity index (χ2v) is 4.91. The molecule has 126 valence electrons. The van der Waals surface area contributed by atoms with E-state index in [0.717, 1.165) is 24.9 Å². The highest BCUT2D eigenvalue weighted by Gasteiger charge is 2.03. The van der Waals surface area contributed by atoms with Crippen LogP contribution in [0.15, 0.2) is 41.7 Å². The summed E-state index contributed by atoms with van der Waals surface area (Å²) in [5.41, 5.74) is 1.20. The summed E-state index contributed by atoms with van der Waals surface area (Å²) in [6.45, 7) is 2.27. The van der Waals surface area contributed by atoms with Crippen molar-refractivity contribution in [2.24, 2.45) is 12.0 Å². The van der Waals surface area contributed by atoms with E-state index in [1.54, 1.807) is 18.1 Å². The summed E-state index contributed by atoms with van der Waals surface area (Å²) < 4.78 is 1.74. The number of likely N-dealkylation sites (N-methyl/N-ethyl adjacent to an activating group) is 1. The van der Waals surface area contributed by atoms with Crippen LogP contribution in [0.25, 0.3) is 0 Å². The molecule has 0 amide bonds. The Balaban J connectivity index is 0.00000264. The molecule has 0 spiro atoms. The Morgan fingerprint density at radius 2 is 2.00 bits per heavy atom. The number of hydrogen-bond acceptors (Lipinski definition) is 4. The molecule has 0 saturated heterocycles. The van der Waals surface area contributed by atoms with E-state index in [4.69, 9.17) is 0 Å². The minimum Gasteiger partial charge on any atom is -0.373 e. The number of halogens is 1. The average Bonchev–Trinajstić information content (AvgIpc) is 2.96. The second-order valence-electron chi connectivity index (χ2n) is 4.91. The fourth-order valence-electron chi connectivity index (χ4n) is 2.02. The van der Waals surface area contributed by atoms with E-state index in [0.29, 0.717) is 6.54 Å². The lowest BCUT2D eigenvalue weighted by Crippen LogP contribution is -2.41. The molecule has 1 aromatic heterocycles. The largest absolute Gasteiger partial charge is 0.373 e. The van der Waals surface area contributed by atoms with Gasteiger partial charge in [-0.3, -0.25) is 9.67 Å². The zero-order valence-corrected chi connectivity index (χ0v) is 16.1. The molecule has 0 atom stereocenters. The Hall–Kier alpha value is -1.84. The summed E-state index contributed by atoms with van der Waals surface area (Å²) in [6.07, 6.45) is 1.54. The van der Waals surface area contributed by atoms with E-state index in [9.17, 15) is 0 Å². The van der Waals surface area contributed by atoms with Gasteiger partial charge in [0.1, 0.15) is 12.2 Å². The molecule has 0 radical (unpaired) electrons. The van der Waals surface area contributed by atoms with Gasteiger partial charge in [-0.15, -0.1) is 24.0 Å². The third-order valence-electron chi connectivity index (χ3n) is 3.38. The lowest BCUT2D eigenvalue weighted by molar-refractivity contribution is 0.672. The molecule has 0 unspecified atom stereocenters. The minimum atomic E-state index is 0. The number of guanidine groups is 1. The zero-order chi connectivity index (χ0) is 15.8. The summed E-state index contributed by atoms with van der Waals surface area (Å²) in [7, 11) is 5.70. The molecule has 7 nitrogen and oxygen atoms in total. The van der Waals surface area contributed by atoms with Crippen molar-refractivity contribution >= 4 is 35.6 Å². The fraction of sp³-hybridized carbons (Fsp3) is 0.400. The van der Waals surface area contributed by atoms with Crippen molar-refractivity contribution in [2.75, 3.05) is 32.1 Å². The Morgan fingerprint density at radius 1 is 1.26 bits per heavy atom. The van der Waals surface area contributed by atoms with Crippen LogP contribution >= 0.6 is 24.0 Å². The molecule has 1 aromatic carbocycles. The van der Waals surface area contributed by atoms with Gasteiger partial charge >= 0.3 is 0 Å². The molecule has 2 aromatic rings. The molecule has 0 bridgehead atoms. The quantitative estimate of drug-likeness (QED) is 0.411. The van der Waals surface area contributed by atoms with Gasteiger partial charge < -0.3 is 15.5 Å². The van der Waals surface area contributed by atoms with Gasteiger partial charge in [0, 0.05) is 39.9 Å². The zero-order valence-electron chi connectivity index (χ0n) is 13.7. The van der Waals surface area contributed by atoms with Gasteiger partial charge in [0.05, 0.1) is 6.54 Å². The molecule has 2 N–H and O–H groups in total. The Labute approximate surface area is 154 Å². The first-order chi connectivity index (χ1) is 10.7. The van der Waals surface area contributed by atoms with Crippen LogP contribution in [0.4, 0.5) is 5.69 Å². The summed E-state index contributed by atoms with van der Waals surface area (Å²) in [6, 6.07) is 10.3. The summed E-state index contributed by atoms with van der Waals surface area (Å²) >= 11 is 0. The Morgan fingerprint density at radius 3 is 2.61 bits per heavy atom. The van der Waals surface area contributed by atoms with Crippen LogP contribution in [-0.4, -0.2) is 47.9 Å². The van der Waals surface area contributed by atoms with Gasteiger partial charge in [-0.1, -0.05) is 18.2 Å². The monoisotopic (exact) mass is 429 g/mol. The number of rotatable bonds is 6. The van der Waals surface area contributed by atoms with E-state index in [2.05, 4.69) is 49.8 Å². The van der Waals surface area contributed by atoms with Crippen molar-refractivity contribution < 1.29 is 0 Å². The van der Waals surface area contributed by atoms with Crippen LogP contribution < -0.4 is 15.5 Å². The van der Waals surface area contributed by atoms with E-state index in [-0.39, 0.29) is 24.0 Å². The highest BCUT2D eigenvalue weighted by molar-refractivity contribution is 14.0. The number of nitrogens with zero attached hydrogens (tertiary/aromatic N) is 5. The number of aliphatic imine (C=N–C) groups is 1. The van der Waals surface area contributed by atoms with Crippen LogP contribution in [0, 0.1) is 0 Å². The highest BCUT2D eigenvalue weighted by Crippen LogP contribution is 2.09. The van der Waals surface area contributed by atoms with Gasteiger partial charge in [0.2, 0.25) is 0 Å². The lowest BCUT2D eigenvalue weighted by atomic mass is 10.3. The second kappa shape index (κ2) is 10.0. The van der Waals surface area contributed by atoms with Gasteiger partial charge in [-0.2, -0.15) is 5.10 Å². The first-order valence-electron chi connectivity index (χ1n) is 7.24. The molecule has 1 heterocycles. The number of anilines is 1. The molecule has 2 rings (SSSR count). The number of para-hydroxylation sites is 1. The minimum absolute atomic E-state index is 0. The maximum absolute atomic E-state index is 4.21. The van der Waals surface area contributed by atoms with Crippen LogP contribution in [0.5, 0.6) is 0 Å². The number of hydrogen-bond donors (Lipinski definition) is 2. The molecular weight excluding hydrogens is 405 g/mol. The number of benzene rings is 1. The van der Waals surface area contributed by atoms with E-state index in [1.807, 2.05) is 25.2 Å². The third-order valence-corrected chi connectivity index (χ3v) is 3.38. The maximum Gasteiger partial charge on any atom is 0.191 e. The van der Waals surface area contributed by atoms with E-state index in [1.165, 1.54) is 5.69 Å². The molecule has 0 aliphatic heterocycles. The fourth-order valence-corrected chi connectivity index (χ4v) is 2.02. The van der Waals surface area contributed by atoms with Crippen molar-refractivity contribution in [1.29, 1.82) is 0 Å². The average molecular weight is 429 g/mol. The predicted octanol–water partition coefficient (Wildman–Crippen LogP) is 1.23. The molecular formula is C15H24IN7. The highest BCUT2D eigenvalue weighted by atomic mass is 127. The molecule has 0 fully saturated rings. The SMILES string of the molecule is CN=C(NCCN(C)c1ccccc1)NCc1ncnn1C.I. The Bertz CT molecular complexity index is 597. The number of nitrogens with one attached hydrogen (secondary N) is 2. The number of aromatic nitrogens is 3. The van der Waals surface area contributed by atoms with Crippen molar-refractivity contribution in [3.8, 4) is 0 Å². The van der Waals surface area contributed by atoms with Gasteiger partial charge in [0.25, 0.3) is 0 Å². The van der Waals surface area contributed by atoms with Gasteiger partial charge in [-0.05, 0) is 12.1 Å². The van der Waals surface area contributed by atoms with Crippen molar-refractivity contribution in [3.63, 3.8) is 0 Å². The van der Waals surface area contributed by atoms with Crippen molar-refractivity contribution in [3.05, 3.63) is 42.5 Å². The van der Waals surface area contributed by atoms with Gasteiger partial charge in [-0.25, -0.2) is 4.98 Å². The normalized spacial score (nSPS) is 10.8. The van der Waals surface area contributed by atoms with Crippen LogP contribution in [0.1, 0.15) is 5.82 Å². The van der Waals surface area contributed by atoms with Crippen molar-refractivity contribution in [2.45, 2.75) is 6.54 Å². The molecule has 0 aliphatic rings. The molecule has 8 heteroatoms. The summed E-state index contributed by atoms with van der Waals surface area (Å²) in [5, 5.41) is 10.6. The molecule has 23 heavy (non-hydrogen) atoms. The first-order valence-corrected chi connectivity index (χ1v) is 7.24. The summed E-state index contributed by atoms with van der Waals surface area (Å²) in [5.74, 6) is 1.62. The standard InChI is InChI=1S/C15H23N7.HI/c1-16-15(18-11-14-19-12-20-22(14)3)17-9-10-21(2)13-7-5-4-6-8-13;/h4-8,12H,9-11H2,1-3H3,(H2,16,17,18);1H. The summed E-state index contributed by atoms with van der Waals surface area (Å²) in [4.78, 5) is 10.6. The maximum atomic E-state index is 4.21. The van der Waals surface area contributed by atoms with Crippen LogP contribution in [0.2, 0.25) is 0 Å². The predicted molar refractivity (Wildman–Crippen MR) is 104 cm³/mol. The van der Waals surface area contributed by atoms with Crippen molar-refractivity contribution in [1.82, 2.24) is 25.4 Å². The smallest absolute Gasteiger partial charge is 0.191 e. The Kier molecular flexibility index (Phi) is 8.38. The van der Waals surface area contributed by atoms with Gasteiger partial charge in [0.15, 0.2) is 5.96 Å². The topological polar surface area (TPSA) is 70.4 Å². The lowest BCUT2D eigenvalue weighted by Gasteiger charge is -2.20. The number of aryl methyl sites for hydroxylation is 1. The van der Waals surface area contributed by atoms with E-state index < -0.39 is 0 Å². The van der Waals surface area contributed by atoms with Crippen LogP contribution in [-0.2, 0) is 13.6 Å².